The van der Waals surface area contributed by atoms with E-state index >= 15 is 0 Å². The lowest BCUT2D eigenvalue weighted by molar-refractivity contribution is -0.126. The Balaban J connectivity index is 1.91. The van der Waals surface area contributed by atoms with Crippen molar-refractivity contribution in [3.8, 4) is 0 Å². The van der Waals surface area contributed by atoms with Crippen LogP contribution in [0.3, 0.4) is 0 Å². The molecule has 3 N–H and O–H groups in total. The summed E-state index contributed by atoms with van der Waals surface area (Å²) in [7, 11) is 1.68. The van der Waals surface area contributed by atoms with E-state index in [9.17, 15) is 14.4 Å². The average Bonchev–Trinajstić information content (AvgIpc) is 2.83. The van der Waals surface area contributed by atoms with Crippen molar-refractivity contribution >= 4 is 29.0 Å². The maximum Gasteiger partial charge on any atom is 0.246 e. The van der Waals surface area contributed by atoms with Gasteiger partial charge in [0.2, 0.25) is 5.91 Å². The molecule has 0 bridgehead atoms. The van der Waals surface area contributed by atoms with Gasteiger partial charge in [-0.1, -0.05) is 32.0 Å². The number of nitrogens with zero attached hydrogens (tertiary/aromatic N) is 2. The molecule has 1 amide bonds. The van der Waals surface area contributed by atoms with Crippen LogP contribution in [0.15, 0.2) is 51.9 Å². The Kier molecular flexibility index (Phi) is 3.34. The summed E-state index contributed by atoms with van der Waals surface area (Å²) in [5, 5.41) is 3.20. The van der Waals surface area contributed by atoms with Crippen LogP contribution in [-0.2, 0) is 19.8 Å². The lowest BCUT2D eigenvalue weighted by atomic mass is 9.60. The van der Waals surface area contributed by atoms with Gasteiger partial charge < -0.3 is 16.0 Å². The number of allylic oxidation sites excluding steroid dienone is 1. The van der Waals surface area contributed by atoms with Crippen LogP contribution in [0.1, 0.15) is 38.7 Å². The number of rotatable bonds is 0. The first-order valence-electron chi connectivity index (χ1n) is 9.69. The van der Waals surface area contributed by atoms with Crippen LogP contribution in [0, 0.1) is 5.41 Å². The molecule has 1 unspecified atom stereocenters. The normalized spacial score (nSPS) is 27.6. The minimum atomic E-state index is -1.46. The molecule has 5 rings (SSSR count). The fourth-order valence-corrected chi connectivity index (χ4v) is 5.27. The number of para-hydroxylation sites is 1. The van der Waals surface area contributed by atoms with Crippen molar-refractivity contribution in [1.82, 2.24) is 5.32 Å². The first-order chi connectivity index (χ1) is 13.7. The van der Waals surface area contributed by atoms with Crippen molar-refractivity contribution in [2.45, 2.75) is 38.5 Å². The number of anilines is 1. The van der Waals surface area contributed by atoms with Crippen molar-refractivity contribution in [3.05, 3.63) is 52.5 Å². The Hall–Kier alpha value is -3.22. The van der Waals surface area contributed by atoms with E-state index in [2.05, 4.69) is 10.3 Å². The van der Waals surface area contributed by atoms with Gasteiger partial charge in [-0.05, 0) is 17.9 Å². The first-order valence-corrected chi connectivity index (χ1v) is 9.69. The van der Waals surface area contributed by atoms with Gasteiger partial charge >= 0.3 is 0 Å². The van der Waals surface area contributed by atoms with Gasteiger partial charge in [-0.15, -0.1) is 0 Å². The Morgan fingerprint density at radius 1 is 1.07 bits per heavy atom. The highest BCUT2D eigenvalue weighted by Crippen LogP contribution is 2.57. The fourth-order valence-electron chi connectivity index (χ4n) is 5.27. The highest BCUT2D eigenvalue weighted by atomic mass is 16.2. The second-order valence-electron chi connectivity index (χ2n) is 8.98. The van der Waals surface area contributed by atoms with E-state index in [4.69, 9.17) is 5.73 Å². The van der Waals surface area contributed by atoms with Crippen LogP contribution in [0.4, 0.5) is 5.69 Å². The number of ketones is 2. The lowest BCUT2D eigenvalue weighted by Crippen LogP contribution is -2.54. The highest BCUT2D eigenvalue weighted by molar-refractivity contribution is 6.26. The van der Waals surface area contributed by atoms with Gasteiger partial charge in [0.1, 0.15) is 17.1 Å². The molecule has 3 heterocycles. The molecular weight excluding hydrogens is 368 g/mol. The van der Waals surface area contributed by atoms with Gasteiger partial charge in [-0.2, -0.15) is 0 Å². The predicted molar refractivity (Wildman–Crippen MR) is 108 cm³/mol. The number of amides is 1. The molecule has 1 atom stereocenters. The number of carbonyl (C=O) groups is 3. The van der Waals surface area contributed by atoms with Crippen molar-refractivity contribution in [2.24, 2.45) is 16.1 Å². The third-order valence-corrected chi connectivity index (χ3v) is 6.30. The molecule has 1 aromatic rings. The number of nitrogens with two attached hydrogens (primary N) is 1. The number of amidine groups is 1. The maximum atomic E-state index is 13.8. The van der Waals surface area contributed by atoms with Crippen LogP contribution in [0.5, 0.6) is 0 Å². The zero-order valence-electron chi connectivity index (χ0n) is 16.6. The predicted octanol–water partition coefficient (Wildman–Crippen LogP) is 1.69. The van der Waals surface area contributed by atoms with Gasteiger partial charge in [0, 0.05) is 36.0 Å². The van der Waals surface area contributed by atoms with Crippen LogP contribution in [0.2, 0.25) is 0 Å². The van der Waals surface area contributed by atoms with Crippen LogP contribution in [-0.4, -0.2) is 30.4 Å². The van der Waals surface area contributed by atoms with Gasteiger partial charge in [-0.25, -0.2) is 4.99 Å². The first kappa shape index (κ1) is 17.8. The summed E-state index contributed by atoms with van der Waals surface area (Å²) in [6.45, 7) is 4.04. The molecule has 1 aliphatic carbocycles. The summed E-state index contributed by atoms with van der Waals surface area (Å²) in [6.07, 6.45) is 0.829. The molecule has 1 spiro atoms. The minimum absolute atomic E-state index is 0.0658. The molecule has 7 nitrogen and oxygen atoms in total. The van der Waals surface area contributed by atoms with Gasteiger partial charge in [0.15, 0.2) is 11.6 Å². The smallest absolute Gasteiger partial charge is 0.246 e. The summed E-state index contributed by atoms with van der Waals surface area (Å²) in [4.78, 5) is 46.4. The lowest BCUT2D eigenvalue weighted by Gasteiger charge is -2.44. The van der Waals surface area contributed by atoms with Gasteiger partial charge in [0.25, 0.3) is 0 Å². The van der Waals surface area contributed by atoms with E-state index in [1.807, 2.05) is 38.1 Å². The molecule has 0 radical (unpaired) electrons. The standard InChI is InChI=1S/C22H22N4O3/c1-21(2)9-12-17(15(28)10-21)22(18-14(27)8-16(23)25-19(18)24-12)11-6-4-5-7-13(11)26(3)20(22)29/h4-7,24H,8-10H2,1-3H3,(H2,23,25). The SMILES string of the molecule is CN1C(=O)C2(C3=C(CC(C)(C)CC3=O)NC3=C2C(=O)CC(N)=N3)c2ccccc21. The molecule has 7 heteroatoms. The zero-order chi connectivity index (χ0) is 20.7. The summed E-state index contributed by atoms with van der Waals surface area (Å²) in [6, 6.07) is 7.35. The molecule has 1 aromatic carbocycles. The number of benzene rings is 1. The summed E-state index contributed by atoms with van der Waals surface area (Å²) in [5.74, 6) is -0.181. The Labute approximate surface area is 168 Å². The molecule has 0 saturated carbocycles. The number of fused-ring (bicyclic) bond motifs is 4. The Morgan fingerprint density at radius 2 is 1.79 bits per heavy atom. The molecule has 0 aromatic heterocycles. The van der Waals surface area contributed by atoms with E-state index < -0.39 is 5.41 Å². The molecule has 4 aliphatic rings. The second kappa shape index (κ2) is 5.43. The van der Waals surface area contributed by atoms with E-state index in [1.165, 1.54) is 4.90 Å². The molecule has 0 fully saturated rings. The van der Waals surface area contributed by atoms with Crippen molar-refractivity contribution in [1.29, 1.82) is 0 Å². The number of hydrogen-bond acceptors (Lipinski definition) is 6. The number of nitrogens with one attached hydrogen (secondary N) is 1. The maximum absolute atomic E-state index is 13.8. The van der Waals surface area contributed by atoms with Crippen molar-refractivity contribution < 1.29 is 14.4 Å². The fraction of sp³-hybridized carbons (Fsp3) is 0.364. The van der Waals surface area contributed by atoms with Crippen LogP contribution in [0.25, 0.3) is 0 Å². The van der Waals surface area contributed by atoms with Crippen LogP contribution < -0.4 is 16.0 Å². The van der Waals surface area contributed by atoms with Gasteiger partial charge in [0.05, 0.1) is 12.0 Å². The number of aliphatic imine (C=N–C) groups is 1. The third kappa shape index (κ3) is 2.13. The number of carbonyl (C=O) groups excluding carboxylic acids is 3. The molecule has 0 saturated heterocycles. The molecule has 29 heavy (non-hydrogen) atoms. The topological polar surface area (TPSA) is 105 Å². The quantitative estimate of drug-likeness (QED) is 0.701. The van der Waals surface area contributed by atoms with Crippen molar-refractivity contribution in [2.75, 3.05) is 11.9 Å². The largest absolute Gasteiger partial charge is 0.387 e. The second-order valence-corrected chi connectivity index (χ2v) is 8.98. The van der Waals surface area contributed by atoms with E-state index in [0.717, 1.165) is 0 Å². The number of hydrogen-bond donors (Lipinski definition) is 2. The van der Waals surface area contributed by atoms with E-state index in [0.29, 0.717) is 41.2 Å². The number of dihydropyridines is 1. The van der Waals surface area contributed by atoms with Gasteiger partial charge in [-0.3, -0.25) is 14.4 Å². The number of likely N-dealkylation sites (N-methyl/N-ethyl adjacent to an activating group) is 1. The average molecular weight is 390 g/mol. The minimum Gasteiger partial charge on any atom is -0.387 e. The zero-order valence-corrected chi connectivity index (χ0v) is 16.6. The monoisotopic (exact) mass is 390 g/mol. The van der Waals surface area contributed by atoms with E-state index in [1.54, 1.807) is 7.05 Å². The molecule has 3 aliphatic heterocycles. The molecule has 148 valence electrons. The third-order valence-electron chi connectivity index (χ3n) is 6.30. The van der Waals surface area contributed by atoms with E-state index in [-0.39, 0.29) is 40.7 Å². The molecular formula is C22H22N4O3. The Bertz CT molecular complexity index is 1120. The van der Waals surface area contributed by atoms with Crippen LogP contribution >= 0.6 is 0 Å². The summed E-state index contributed by atoms with van der Waals surface area (Å²) < 4.78 is 0. The Morgan fingerprint density at radius 3 is 2.55 bits per heavy atom. The number of Topliss-reactive ketones (excluding diaryl/α,β-unsaturated/α-hetero) is 2. The van der Waals surface area contributed by atoms with Crippen molar-refractivity contribution in [3.63, 3.8) is 0 Å². The summed E-state index contributed by atoms with van der Waals surface area (Å²) >= 11 is 0. The summed E-state index contributed by atoms with van der Waals surface area (Å²) in [5.41, 5.74) is 6.82. The highest BCUT2D eigenvalue weighted by Gasteiger charge is 2.63.